The fourth-order valence-electron chi connectivity index (χ4n) is 7.86. The number of benzene rings is 5. The molecule has 0 bridgehead atoms. The second kappa shape index (κ2) is 11.1. The lowest BCUT2D eigenvalue weighted by Gasteiger charge is -2.24. The van der Waals surface area contributed by atoms with Crippen LogP contribution in [-0.4, -0.2) is 9.55 Å². The third-order valence-electron chi connectivity index (χ3n) is 10.2. The van der Waals surface area contributed by atoms with Crippen LogP contribution in [0.1, 0.15) is 63.5 Å². The lowest BCUT2D eigenvalue weighted by atomic mass is 9.88. The van der Waals surface area contributed by atoms with Crippen molar-refractivity contribution in [3.63, 3.8) is 0 Å². The van der Waals surface area contributed by atoms with Crippen molar-refractivity contribution >= 4 is 44.6 Å². The summed E-state index contributed by atoms with van der Waals surface area (Å²) in [6.07, 6.45) is 10.9. The molecule has 0 amide bonds. The van der Waals surface area contributed by atoms with E-state index >= 15 is 0 Å². The maximum atomic E-state index is 7.00. The van der Waals surface area contributed by atoms with Crippen LogP contribution in [0.15, 0.2) is 125 Å². The van der Waals surface area contributed by atoms with Gasteiger partial charge in [-0.1, -0.05) is 113 Å². The summed E-state index contributed by atoms with van der Waals surface area (Å²) in [7, 11) is 0. The maximum absolute atomic E-state index is 7.00. The van der Waals surface area contributed by atoms with Crippen molar-refractivity contribution in [3.05, 3.63) is 142 Å². The molecule has 3 heteroatoms. The molecule has 0 fully saturated rings. The third-order valence-corrected chi connectivity index (χ3v) is 10.2. The Balaban J connectivity index is 1.35. The topological polar surface area (TPSA) is 31.0 Å². The molecule has 0 N–H and O–H groups in total. The largest absolute Gasteiger partial charge is 0.455 e. The highest BCUT2D eigenvalue weighted by molar-refractivity contribution is 6.10. The van der Waals surface area contributed by atoms with E-state index in [0.29, 0.717) is 11.8 Å². The van der Waals surface area contributed by atoms with Gasteiger partial charge in [-0.2, -0.15) is 0 Å². The molecule has 0 unspecified atom stereocenters. The van der Waals surface area contributed by atoms with Crippen LogP contribution in [0.3, 0.4) is 0 Å². The molecular weight excluding hydrogens is 585 g/mol. The van der Waals surface area contributed by atoms with E-state index in [1.165, 1.54) is 49.5 Å². The SMILES string of the molecule is CC(C)c1cc(-c2ccccc2)cc(C(C)C)c1-n1c(-c2cccc3c2oc2c4c(ccc23)=C2CC=CC=C2CC=4)nc2ccccc21. The van der Waals surface area contributed by atoms with Crippen molar-refractivity contribution in [2.24, 2.45) is 0 Å². The molecule has 2 aromatic heterocycles. The van der Waals surface area contributed by atoms with Gasteiger partial charge in [0.05, 0.1) is 22.3 Å². The molecule has 0 aliphatic heterocycles. The van der Waals surface area contributed by atoms with Gasteiger partial charge in [-0.25, -0.2) is 4.98 Å². The number of rotatable bonds is 5. The Morgan fingerprint density at radius 2 is 1.46 bits per heavy atom. The summed E-state index contributed by atoms with van der Waals surface area (Å²) >= 11 is 0. The second-order valence-corrected chi connectivity index (χ2v) is 13.8. The minimum Gasteiger partial charge on any atom is -0.455 e. The van der Waals surface area contributed by atoms with Gasteiger partial charge in [0.1, 0.15) is 17.0 Å². The third kappa shape index (κ3) is 4.37. The molecule has 3 nitrogen and oxygen atoms in total. The van der Waals surface area contributed by atoms with Crippen molar-refractivity contribution in [2.75, 3.05) is 0 Å². The molecule has 7 aromatic rings. The number of aromatic nitrogens is 2. The monoisotopic (exact) mass is 622 g/mol. The van der Waals surface area contributed by atoms with E-state index in [0.717, 1.165) is 57.2 Å². The maximum Gasteiger partial charge on any atom is 0.149 e. The molecular formula is C45H38N2O. The minimum absolute atomic E-state index is 0.297. The van der Waals surface area contributed by atoms with E-state index in [4.69, 9.17) is 9.40 Å². The average Bonchev–Trinajstić information content (AvgIpc) is 3.70. The summed E-state index contributed by atoms with van der Waals surface area (Å²) < 4.78 is 9.42. The Hall–Kier alpha value is -5.41. The highest BCUT2D eigenvalue weighted by Crippen LogP contribution is 2.42. The van der Waals surface area contributed by atoms with Crippen molar-refractivity contribution in [1.82, 2.24) is 9.55 Å². The van der Waals surface area contributed by atoms with Crippen LogP contribution < -0.4 is 10.4 Å². The van der Waals surface area contributed by atoms with Gasteiger partial charge < -0.3 is 4.42 Å². The number of imidazole rings is 1. The molecule has 0 saturated carbocycles. The first-order valence-corrected chi connectivity index (χ1v) is 17.2. The van der Waals surface area contributed by atoms with Crippen molar-refractivity contribution in [2.45, 2.75) is 52.4 Å². The van der Waals surface area contributed by atoms with E-state index in [1.54, 1.807) is 0 Å². The standard InChI is InChI=1S/C45H38N2O/c1-27(2)38-25-31(29-13-6-5-7-14-29)26-39(28(3)4)42(38)47-41-20-11-10-19-40(41)46-45(47)37-18-12-17-34-36-24-23-33-32-16-9-8-15-30(32)21-22-35(33)43(36)48-44(34)37/h5-15,17-20,22-28H,16,21H2,1-4H3. The Bertz CT molecular complexity index is 2580. The summed E-state index contributed by atoms with van der Waals surface area (Å²) in [5.74, 6) is 1.50. The first kappa shape index (κ1) is 28.8. The Morgan fingerprint density at radius 1 is 0.708 bits per heavy atom. The van der Waals surface area contributed by atoms with Crippen LogP contribution in [0.4, 0.5) is 0 Å². The van der Waals surface area contributed by atoms with Crippen LogP contribution in [0.25, 0.3) is 72.8 Å². The van der Waals surface area contributed by atoms with Crippen LogP contribution in [0, 0.1) is 0 Å². The van der Waals surface area contributed by atoms with Gasteiger partial charge in [0.2, 0.25) is 0 Å². The van der Waals surface area contributed by atoms with Crippen LogP contribution >= 0.6 is 0 Å². The summed E-state index contributed by atoms with van der Waals surface area (Å²) in [4.78, 5) is 5.38. The summed E-state index contributed by atoms with van der Waals surface area (Å²) in [6, 6.07) is 35.2. The van der Waals surface area contributed by atoms with Crippen LogP contribution in [-0.2, 0) is 0 Å². The molecule has 9 rings (SSSR count). The first-order chi connectivity index (χ1) is 23.5. The van der Waals surface area contributed by atoms with Gasteiger partial charge in [0.15, 0.2) is 0 Å². The fourth-order valence-corrected chi connectivity index (χ4v) is 7.86. The number of hydrogen-bond donors (Lipinski definition) is 0. The predicted octanol–water partition coefficient (Wildman–Crippen LogP) is 10.7. The second-order valence-electron chi connectivity index (χ2n) is 13.8. The van der Waals surface area contributed by atoms with Crippen LogP contribution in [0.2, 0.25) is 0 Å². The Labute approximate surface area is 280 Å². The lowest BCUT2D eigenvalue weighted by molar-refractivity contribution is 0.665. The molecule has 2 aliphatic rings. The molecule has 0 saturated heterocycles. The van der Waals surface area contributed by atoms with E-state index in [9.17, 15) is 0 Å². The number of para-hydroxylation sites is 3. The summed E-state index contributed by atoms with van der Waals surface area (Å²) in [5.41, 5.74) is 14.1. The number of nitrogens with zero attached hydrogens (tertiary/aromatic N) is 2. The number of hydrogen-bond acceptors (Lipinski definition) is 2. The van der Waals surface area contributed by atoms with Gasteiger partial charge in [-0.3, -0.25) is 4.57 Å². The van der Waals surface area contributed by atoms with Gasteiger partial charge >= 0.3 is 0 Å². The molecule has 2 aliphatic carbocycles. The molecule has 5 aromatic carbocycles. The van der Waals surface area contributed by atoms with E-state index in [-0.39, 0.29) is 0 Å². The van der Waals surface area contributed by atoms with E-state index in [2.05, 4.69) is 154 Å². The van der Waals surface area contributed by atoms with Crippen molar-refractivity contribution < 1.29 is 4.42 Å². The Kier molecular flexibility index (Phi) is 6.65. The van der Waals surface area contributed by atoms with E-state index < -0.39 is 0 Å². The predicted molar refractivity (Wildman–Crippen MR) is 201 cm³/mol. The zero-order chi connectivity index (χ0) is 32.5. The molecule has 0 spiro atoms. The molecule has 2 heterocycles. The minimum atomic E-state index is 0.297. The number of furan rings is 1. The highest BCUT2D eigenvalue weighted by atomic mass is 16.3. The van der Waals surface area contributed by atoms with Gasteiger partial charge in [0, 0.05) is 16.0 Å². The average molecular weight is 623 g/mol. The fraction of sp³-hybridized carbons (Fsp3) is 0.178. The number of fused-ring (bicyclic) bond motifs is 7. The lowest BCUT2D eigenvalue weighted by Crippen LogP contribution is -2.31. The zero-order valence-corrected chi connectivity index (χ0v) is 27.9. The van der Waals surface area contributed by atoms with Gasteiger partial charge in [-0.15, -0.1) is 0 Å². The van der Waals surface area contributed by atoms with E-state index in [1.807, 2.05) is 0 Å². The molecule has 0 atom stereocenters. The Morgan fingerprint density at radius 3 is 2.25 bits per heavy atom. The van der Waals surface area contributed by atoms with Crippen LogP contribution in [0.5, 0.6) is 0 Å². The molecule has 48 heavy (non-hydrogen) atoms. The van der Waals surface area contributed by atoms with Crippen molar-refractivity contribution in [3.8, 4) is 28.2 Å². The quantitative estimate of drug-likeness (QED) is 0.191. The summed E-state index contributed by atoms with van der Waals surface area (Å²) in [5, 5.41) is 4.78. The zero-order valence-electron chi connectivity index (χ0n) is 27.9. The van der Waals surface area contributed by atoms with Gasteiger partial charge in [0.25, 0.3) is 0 Å². The molecule has 0 radical (unpaired) electrons. The first-order valence-electron chi connectivity index (χ1n) is 17.2. The molecule has 234 valence electrons. The normalized spacial score (nSPS) is 14.2. The van der Waals surface area contributed by atoms with Crippen molar-refractivity contribution in [1.29, 1.82) is 0 Å². The summed E-state index contributed by atoms with van der Waals surface area (Å²) in [6.45, 7) is 9.21. The highest BCUT2D eigenvalue weighted by Gasteiger charge is 2.26. The number of allylic oxidation sites excluding steroid dienone is 4. The smallest absolute Gasteiger partial charge is 0.149 e. The van der Waals surface area contributed by atoms with Gasteiger partial charge in [-0.05, 0) is 99.7 Å².